The standard InChI is InChI=1S/C5H9NO4/c7-5(8)4-2-1-3-6(4)10-9/h4,9H,1-3H2,(H,7,8)/t4-/m0/s1. The summed E-state index contributed by atoms with van der Waals surface area (Å²) in [5.41, 5.74) is 0. The van der Waals surface area contributed by atoms with E-state index in [1.54, 1.807) is 0 Å². The van der Waals surface area contributed by atoms with E-state index in [9.17, 15) is 4.79 Å². The van der Waals surface area contributed by atoms with Crippen LogP contribution in [0.25, 0.3) is 0 Å². The maximum atomic E-state index is 10.3. The Labute approximate surface area is 57.7 Å². The van der Waals surface area contributed by atoms with E-state index >= 15 is 0 Å². The second-order valence-corrected chi connectivity index (χ2v) is 2.22. The van der Waals surface area contributed by atoms with Gasteiger partial charge in [-0.25, -0.2) is 5.26 Å². The predicted octanol–water partition coefficient (Wildman–Crippen LogP) is -0.0600. The summed E-state index contributed by atoms with van der Waals surface area (Å²) >= 11 is 0. The van der Waals surface area contributed by atoms with Crippen LogP contribution in [-0.2, 0) is 9.78 Å². The smallest absolute Gasteiger partial charge is 0.323 e. The topological polar surface area (TPSA) is 70.0 Å². The van der Waals surface area contributed by atoms with Crippen LogP contribution in [0.5, 0.6) is 0 Å². The molecule has 0 aromatic heterocycles. The van der Waals surface area contributed by atoms with Gasteiger partial charge in [0.15, 0.2) is 0 Å². The van der Waals surface area contributed by atoms with Crippen LogP contribution in [0.4, 0.5) is 0 Å². The minimum absolute atomic E-state index is 0.480. The second kappa shape index (κ2) is 2.96. The van der Waals surface area contributed by atoms with E-state index in [-0.39, 0.29) is 0 Å². The molecule has 1 aliphatic heterocycles. The number of aliphatic carboxylic acids is 1. The van der Waals surface area contributed by atoms with Crippen LogP contribution in [0.3, 0.4) is 0 Å². The van der Waals surface area contributed by atoms with Gasteiger partial charge in [-0.05, 0) is 12.8 Å². The fourth-order valence-electron chi connectivity index (χ4n) is 1.08. The van der Waals surface area contributed by atoms with Gasteiger partial charge in [0.05, 0.1) is 0 Å². The first-order chi connectivity index (χ1) is 4.75. The first-order valence-corrected chi connectivity index (χ1v) is 3.06. The molecular formula is C5H9NO4. The number of carboxylic acid groups (broad SMARTS) is 1. The van der Waals surface area contributed by atoms with Crippen LogP contribution in [0.2, 0.25) is 0 Å². The van der Waals surface area contributed by atoms with Crippen molar-refractivity contribution in [3.05, 3.63) is 0 Å². The third-order valence-corrected chi connectivity index (χ3v) is 1.59. The number of hydroxylamine groups is 2. The molecule has 2 N–H and O–H groups in total. The average molecular weight is 147 g/mol. The summed E-state index contributed by atoms with van der Waals surface area (Å²) in [4.78, 5) is 14.2. The summed E-state index contributed by atoms with van der Waals surface area (Å²) in [5.74, 6) is -0.952. The van der Waals surface area contributed by atoms with E-state index in [1.165, 1.54) is 0 Å². The lowest BCUT2D eigenvalue weighted by Gasteiger charge is -2.14. The molecule has 0 radical (unpaired) electrons. The van der Waals surface area contributed by atoms with Crippen molar-refractivity contribution in [3.63, 3.8) is 0 Å². The fourth-order valence-corrected chi connectivity index (χ4v) is 1.08. The molecule has 10 heavy (non-hydrogen) atoms. The summed E-state index contributed by atoms with van der Waals surface area (Å²) in [6.07, 6.45) is 1.29. The van der Waals surface area contributed by atoms with Crippen LogP contribution < -0.4 is 0 Å². The molecule has 0 unspecified atom stereocenters. The molecule has 0 spiro atoms. The van der Waals surface area contributed by atoms with Gasteiger partial charge in [-0.15, -0.1) is 10.1 Å². The van der Waals surface area contributed by atoms with Crippen molar-refractivity contribution in [2.75, 3.05) is 6.54 Å². The van der Waals surface area contributed by atoms with E-state index in [2.05, 4.69) is 4.99 Å². The maximum Gasteiger partial charge on any atom is 0.323 e. The van der Waals surface area contributed by atoms with Gasteiger partial charge in [0.1, 0.15) is 6.04 Å². The normalized spacial score (nSPS) is 27.1. The SMILES string of the molecule is O=C(O)[C@@H]1CCCN1OO. The van der Waals surface area contributed by atoms with Gasteiger partial charge in [-0.2, -0.15) is 0 Å². The molecule has 0 aromatic rings. The Morgan fingerprint density at radius 1 is 1.70 bits per heavy atom. The van der Waals surface area contributed by atoms with E-state index in [1.807, 2.05) is 0 Å². The molecule has 1 aliphatic rings. The number of nitrogens with zero attached hydrogens (tertiary/aromatic N) is 1. The van der Waals surface area contributed by atoms with Crippen LogP contribution in [-0.4, -0.2) is 34.0 Å². The van der Waals surface area contributed by atoms with Crippen molar-refractivity contribution in [1.29, 1.82) is 0 Å². The molecule has 1 fully saturated rings. The zero-order valence-corrected chi connectivity index (χ0v) is 5.36. The zero-order chi connectivity index (χ0) is 7.56. The van der Waals surface area contributed by atoms with Gasteiger partial charge in [0.2, 0.25) is 0 Å². The summed E-state index contributed by atoms with van der Waals surface area (Å²) < 4.78 is 0. The van der Waals surface area contributed by atoms with E-state index < -0.39 is 12.0 Å². The van der Waals surface area contributed by atoms with Crippen molar-refractivity contribution in [3.8, 4) is 0 Å². The summed E-state index contributed by atoms with van der Waals surface area (Å²) in [6, 6.07) is -0.676. The van der Waals surface area contributed by atoms with E-state index in [0.29, 0.717) is 13.0 Å². The number of carbonyl (C=O) groups is 1. The lowest BCUT2D eigenvalue weighted by Crippen LogP contribution is -2.34. The third-order valence-electron chi connectivity index (χ3n) is 1.59. The number of hydrogen-bond acceptors (Lipinski definition) is 4. The molecule has 0 aliphatic carbocycles. The summed E-state index contributed by atoms with van der Waals surface area (Å²) in [6.45, 7) is 0.480. The minimum atomic E-state index is -0.952. The molecule has 1 rings (SSSR count). The lowest BCUT2D eigenvalue weighted by molar-refractivity contribution is -0.398. The van der Waals surface area contributed by atoms with Crippen molar-refractivity contribution >= 4 is 5.97 Å². The molecule has 0 bridgehead atoms. The van der Waals surface area contributed by atoms with Crippen molar-refractivity contribution < 1.29 is 20.1 Å². The first kappa shape index (κ1) is 7.46. The van der Waals surface area contributed by atoms with Gasteiger partial charge in [-0.3, -0.25) is 4.79 Å². The Bertz CT molecular complexity index is 138. The van der Waals surface area contributed by atoms with Gasteiger partial charge >= 0.3 is 5.97 Å². The lowest BCUT2D eigenvalue weighted by atomic mass is 10.2. The highest BCUT2D eigenvalue weighted by atomic mass is 17.2. The molecule has 5 heteroatoms. The molecule has 58 valence electrons. The van der Waals surface area contributed by atoms with E-state index in [4.69, 9.17) is 10.4 Å². The summed E-state index contributed by atoms with van der Waals surface area (Å²) in [5, 5.41) is 17.7. The van der Waals surface area contributed by atoms with Crippen molar-refractivity contribution in [2.24, 2.45) is 0 Å². The first-order valence-electron chi connectivity index (χ1n) is 3.06. The molecule has 1 saturated heterocycles. The Balaban J connectivity index is 2.50. The molecule has 5 nitrogen and oxygen atoms in total. The van der Waals surface area contributed by atoms with Crippen molar-refractivity contribution in [1.82, 2.24) is 5.06 Å². The van der Waals surface area contributed by atoms with Gasteiger partial charge in [0.25, 0.3) is 0 Å². The van der Waals surface area contributed by atoms with Crippen LogP contribution >= 0.6 is 0 Å². The molecule has 1 atom stereocenters. The maximum absolute atomic E-state index is 10.3. The Hall–Kier alpha value is -0.650. The average Bonchev–Trinajstić information content (AvgIpc) is 2.33. The second-order valence-electron chi connectivity index (χ2n) is 2.22. The van der Waals surface area contributed by atoms with Gasteiger partial charge < -0.3 is 5.11 Å². The molecule has 0 amide bonds. The number of rotatable bonds is 2. The quantitative estimate of drug-likeness (QED) is 0.423. The minimum Gasteiger partial charge on any atom is -0.480 e. The molecule has 1 heterocycles. The van der Waals surface area contributed by atoms with Gasteiger partial charge in [0, 0.05) is 6.54 Å². The van der Waals surface area contributed by atoms with E-state index in [0.717, 1.165) is 11.5 Å². The predicted molar refractivity (Wildman–Crippen MR) is 31.1 cm³/mol. The summed E-state index contributed by atoms with van der Waals surface area (Å²) in [7, 11) is 0. The van der Waals surface area contributed by atoms with Crippen LogP contribution in [0.15, 0.2) is 0 Å². The molecular weight excluding hydrogens is 138 g/mol. The highest BCUT2D eigenvalue weighted by molar-refractivity contribution is 5.73. The third kappa shape index (κ3) is 1.26. The van der Waals surface area contributed by atoms with Crippen molar-refractivity contribution in [2.45, 2.75) is 18.9 Å². The highest BCUT2D eigenvalue weighted by Crippen LogP contribution is 2.16. The highest BCUT2D eigenvalue weighted by Gasteiger charge is 2.31. The Kier molecular flexibility index (Phi) is 2.21. The Morgan fingerprint density at radius 3 is 2.80 bits per heavy atom. The molecule has 0 aromatic carbocycles. The fraction of sp³-hybridized carbons (Fsp3) is 0.800. The number of hydrogen-bond donors (Lipinski definition) is 2. The number of carboxylic acids is 1. The van der Waals surface area contributed by atoms with Gasteiger partial charge in [-0.1, -0.05) is 0 Å². The monoisotopic (exact) mass is 147 g/mol. The largest absolute Gasteiger partial charge is 0.480 e. The Morgan fingerprint density at radius 2 is 2.40 bits per heavy atom. The zero-order valence-electron chi connectivity index (χ0n) is 5.36. The van der Waals surface area contributed by atoms with Crippen LogP contribution in [0, 0.1) is 0 Å². The molecule has 0 saturated carbocycles. The van der Waals surface area contributed by atoms with Crippen LogP contribution in [0.1, 0.15) is 12.8 Å².